The lowest BCUT2D eigenvalue weighted by molar-refractivity contribution is -0.140. The van der Waals surface area contributed by atoms with Gasteiger partial charge in [0.1, 0.15) is 18.2 Å². The molecule has 0 aliphatic carbocycles. The number of benzene rings is 2. The summed E-state index contributed by atoms with van der Waals surface area (Å²) in [5.41, 5.74) is 11.0. The zero-order valence-corrected chi connectivity index (χ0v) is 18.1. The molecule has 4 aromatic rings. The van der Waals surface area contributed by atoms with E-state index in [9.17, 15) is 4.79 Å². The SMILES string of the molecule is CC1=C(C(=O)OCc2ccccc2)C(c2c[nH]c3ccccc23)c2c(nc(=S)[nH]c2N)N1. The maximum atomic E-state index is 13.4. The number of nitrogens with one attached hydrogen (secondary N) is 3. The maximum Gasteiger partial charge on any atom is 0.337 e. The van der Waals surface area contributed by atoms with E-state index in [1.165, 1.54) is 0 Å². The van der Waals surface area contributed by atoms with Gasteiger partial charge in [-0.1, -0.05) is 48.5 Å². The van der Waals surface area contributed by atoms with E-state index < -0.39 is 11.9 Å². The largest absolute Gasteiger partial charge is 0.457 e. The first-order valence-electron chi connectivity index (χ1n) is 10.2. The standard InChI is InChI=1S/C24H21N5O2S/c1-13-18(23(30)31-12-14-7-3-2-4-8-14)19(16-11-26-17-10-6-5-9-15(16)17)20-21(25)28-24(32)29-22(20)27-13/h2-11,19,26H,12H2,1H3,(H4,25,27,28,29,32). The van der Waals surface area contributed by atoms with Gasteiger partial charge >= 0.3 is 5.97 Å². The van der Waals surface area contributed by atoms with Crippen molar-refractivity contribution in [2.24, 2.45) is 0 Å². The van der Waals surface area contributed by atoms with Crippen LogP contribution in [0.15, 0.2) is 72.1 Å². The molecule has 0 saturated heterocycles. The van der Waals surface area contributed by atoms with Crippen LogP contribution in [-0.4, -0.2) is 20.9 Å². The second-order valence-corrected chi connectivity index (χ2v) is 8.05. The van der Waals surface area contributed by atoms with E-state index in [4.69, 9.17) is 22.7 Å². The second-order valence-electron chi connectivity index (χ2n) is 7.67. The van der Waals surface area contributed by atoms with Crippen LogP contribution in [0.2, 0.25) is 0 Å². The van der Waals surface area contributed by atoms with Crippen LogP contribution in [0.25, 0.3) is 10.9 Å². The molecule has 160 valence electrons. The molecular formula is C24H21N5O2S. The van der Waals surface area contributed by atoms with Gasteiger partial charge < -0.3 is 25.8 Å². The van der Waals surface area contributed by atoms with Gasteiger partial charge in [-0.2, -0.15) is 0 Å². The molecule has 1 aliphatic heterocycles. The number of aromatic amines is 2. The molecule has 1 unspecified atom stereocenters. The van der Waals surface area contributed by atoms with Crippen molar-refractivity contribution < 1.29 is 9.53 Å². The molecule has 0 amide bonds. The van der Waals surface area contributed by atoms with Crippen LogP contribution in [0.3, 0.4) is 0 Å². The van der Waals surface area contributed by atoms with E-state index in [2.05, 4.69) is 20.3 Å². The van der Waals surface area contributed by atoms with E-state index in [0.717, 1.165) is 22.0 Å². The topological polar surface area (TPSA) is 109 Å². The number of aromatic nitrogens is 3. The van der Waals surface area contributed by atoms with Crippen LogP contribution >= 0.6 is 12.2 Å². The van der Waals surface area contributed by atoms with Crippen molar-refractivity contribution in [3.8, 4) is 0 Å². The zero-order chi connectivity index (χ0) is 22.2. The minimum absolute atomic E-state index is 0.175. The highest BCUT2D eigenvalue weighted by atomic mass is 32.1. The Balaban J connectivity index is 1.64. The lowest BCUT2D eigenvalue weighted by Gasteiger charge is -2.29. The van der Waals surface area contributed by atoms with Crippen molar-refractivity contribution in [2.75, 3.05) is 11.1 Å². The molecule has 0 fully saturated rings. The predicted molar refractivity (Wildman–Crippen MR) is 127 cm³/mol. The summed E-state index contributed by atoms with van der Waals surface area (Å²) < 4.78 is 5.99. The molecule has 3 heterocycles. The molecule has 2 aromatic heterocycles. The van der Waals surface area contributed by atoms with Crippen molar-refractivity contribution in [2.45, 2.75) is 19.4 Å². The molecule has 1 aliphatic rings. The van der Waals surface area contributed by atoms with E-state index in [1.54, 1.807) is 0 Å². The minimum atomic E-state index is -0.481. The molecule has 0 radical (unpaired) electrons. The van der Waals surface area contributed by atoms with Gasteiger partial charge in [-0.3, -0.25) is 0 Å². The number of carbonyl (C=O) groups is 1. The highest BCUT2D eigenvalue weighted by Gasteiger charge is 2.37. The van der Waals surface area contributed by atoms with Crippen LogP contribution in [0, 0.1) is 4.77 Å². The molecule has 2 aromatic carbocycles. The summed E-state index contributed by atoms with van der Waals surface area (Å²) in [7, 11) is 0. The Morgan fingerprint density at radius 2 is 1.91 bits per heavy atom. The average Bonchev–Trinajstić information content (AvgIpc) is 3.21. The number of para-hydroxylation sites is 1. The van der Waals surface area contributed by atoms with E-state index >= 15 is 0 Å². The Bertz CT molecular complexity index is 1420. The highest BCUT2D eigenvalue weighted by Crippen LogP contribution is 2.45. The Hall–Kier alpha value is -3.91. The van der Waals surface area contributed by atoms with Crippen molar-refractivity contribution >= 4 is 40.7 Å². The predicted octanol–water partition coefficient (Wildman–Crippen LogP) is 4.78. The van der Waals surface area contributed by atoms with Crippen LogP contribution in [0.4, 0.5) is 11.6 Å². The fraction of sp³-hybridized carbons (Fsp3) is 0.125. The summed E-state index contributed by atoms with van der Waals surface area (Å²) in [6.45, 7) is 2.01. The fourth-order valence-corrected chi connectivity index (χ4v) is 4.41. The number of carbonyl (C=O) groups excluding carboxylic acids is 1. The van der Waals surface area contributed by atoms with E-state index in [0.29, 0.717) is 28.5 Å². The molecule has 0 saturated carbocycles. The van der Waals surface area contributed by atoms with Gasteiger partial charge in [-0.25, -0.2) is 9.78 Å². The molecule has 8 heteroatoms. The lowest BCUT2D eigenvalue weighted by Crippen LogP contribution is -2.26. The van der Waals surface area contributed by atoms with Gasteiger partial charge in [0.25, 0.3) is 0 Å². The van der Waals surface area contributed by atoms with Crippen molar-refractivity contribution in [1.29, 1.82) is 0 Å². The lowest BCUT2D eigenvalue weighted by atomic mass is 9.82. The third-order valence-electron chi connectivity index (χ3n) is 5.65. The minimum Gasteiger partial charge on any atom is -0.457 e. The van der Waals surface area contributed by atoms with E-state index in [1.807, 2.05) is 67.7 Å². The van der Waals surface area contributed by atoms with Gasteiger partial charge in [0.15, 0.2) is 4.77 Å². The molecule has 5 N–H and O–H groups in total. The van der Waals surface area contributed by atoms with Crippen LogP contribution in [0.1, 0.15) is 29.5 Å². The number of allylic oxidation sites excluding steroid dienone is 1. The third kappa shape index (κ3) is 3.44. The van der Waals surface area contributed by atoms with Gasteiger partial charge in [0, 0.05) is 28.4 Å². The second kappa shape index (κ2) is 7.97. The van der Waals surface area contributed by atoms with Crippen LogP contribution < -0.4 is 11.1 Å². The zero-order valence-electron chi connectivity index (χ0n) is 17.3. The number of nitrogen functional groups attached to an aromatic ring is 1. The van der Waals surface area contributed by atoms with Crippen molar-refractivity contribution in [3.05, 3.63) is 93.5 Å². The highest BCUT2D eigenvalue weighted by molar-refractivity contribution is 7.71. The first-order valence-corrected chi connectivity index (χ1v) is 10.6. The third-order valence-corrected chi connectivity index (χ3v) is 5.85. The molecule has 0 spiro atoms. The monoisotopic (exact) mass is 443 g/mol. The van der Waals surface area contributed by atoms with Gasteiger partial charge in [0.05, 0.1) is 11.5 Å². The number of hydrogen-bond acceptors (Lipinski definition) is 6. The smallest absolute Gasteiger partial charge is 0.337 e. The van der Waals surface area contributed by atoms with Gasteiger partial charge in [-0.05, 0) is 36.3 Å². The number of fused-ring (bicyclic) bond motifs is 2. The van der Waals surface area contributed by atoms with Gasteiger partial charge in [-0.15, -0.1) is 0 Å². The quantitative estimate of drug-likeness (QED) is 0.267. The summed E-state index contributed by atoms with van der Waals surface area (Å²) in [5, 5.41) is 4.20. The summed E-state index contributed by atoms with van der Waals surface area (Å²) in [6, 6.07) is 17.5. The molecule has 32 heavy (non-hydrogen) atoms. The number of ether oxygens (including phenoxy) is 1. The number of nitrogens with zero attached hydrogens (tertiary/aromatic N) is 1. The number of rotatable bonds is 4. The molecule has 7 nitrogen and oxygen atoms in total. The average molecular weight is 444 g/mol. The Morgan fingerprint density at radius 3 is 2.72 bits per heavy atom. The molecule has 1 atom stereocenters. The number of anilines is 2. The Labute approximate surface area is 189 Å². The summed E-state index contributed by atoms with van der Waals surface area (Å²) >= 11 is 5.22. The molecule has 0 bridgehead atoms. The molecule has 5 rings (SSSR count). The van der Waals surface area contributed by atoms with Crippen LogP contribution in [0.5, 0.6) is 0 Å². The Morgan fingerprint density at radius 1 is 1.16 bits per heavy atom. The first kappa shape index (κ1) is 20.0. The normalized spacial score (nSPS) is 15.3. The first-order chi connectivity index (χ1) is 15.5. The summed E-state index contributed by atoms with van der Waals surface area (Å²) in [6.07, 6.45) is 1.91. The summed E-state index contributed by atoms with van der Waals surface area (Å²) in [4.78, 5) is 24.0. The fourth-order valence-electron chi connectivity index (χ4n) is 4.21. The number of esters is 1. The molecular weight excluding hydrogens is 422 g/mol. The van der Waals surface area contributed by atoms with Gasteiger partial charge in [0.2, 0.25) is 0 Å². The number of H-pyrrole nitrogens is 2. The number of nitrogens with two attached hydrogens (primary N) is 1. The number of hydrogen-bond donors (Lipinski definition) is 4. The van der Waals surface area contributed by atoms with Crippen molar-refractivity contribution in [3.63, 3.8) is 0 Å². The van der Waals surface area contributed by atoms with E-state index in [-0.39, 0.29) is 11.4 Å². The van der Waals surface area contributed by atoms with Crippen LogP contribution in [-0.2, 0) is 16.1 Å². The summed E-state index contributed by atoms with van der Waals surface area (Å²) in [5.74, 6) is 0.00828. The van der Waals surface area contributed by atoms with Crippen molar-refractivity contribution in [1.82, 2.24) is 15.0 Å². The maximum absolute atomic E-state index is 13.4. The Kier molecular flexibility index (Phi) is 4.99.